The second-order valence-corrected chi connectivity index (χ2v) is 13.1. The molecule has 2 aromatic rings. The minimum Gasteiger partial charge on any atom is -0.352 e. The molecule has 1 aliphatic carbocycles. The third-order valence-electron chi connectivity index (χ3n) is 7.26. The molecule has 0 aromatic heterocycles. The van der Waals surface area contributed by atoms with E-state index in [-0.39, 0.29) is 43.8 Å². The lowest BCUT2D eigenvalue weighted by Crippen LogP contribution is -2.51. The summed E-state index contributed by atoms with van der Waals surface area (Å²) in [5, 5.41) is 3.96. The summed E-state index contributed by atoms with van der Waals surface area (Å²) in [4.78, 5) is 28.6. The van der Waals surface area contributed by atoms with E-state index in [0.29, 0.717) is 27.7 Å². The van der Waals surface area contributed by atoms with Crippen molar-refractivity contribution in [3.63, 3.8) is 0 Å². The number of sulfonamides is 1. The van der Waals surface area contributed by atoms with Gasteiger partial charge in [-0.1, -0.05) is 61.2 Å². The lowest BCUT2D eigenvalue weighted by atomic mass is 10.1. The molecule has 2 aromatic carbocycles. The van der Waals surface area contributed by atoms with Crippen LogP contribution in [0.3, 0.4) is 0 Å². The molecule has 0 spiro atoms. The molecule has 0 unspecified atom stereocenters. The molecule has 3 rings (SSSR count). The van der Waals surface area contributed by atoms with Crippen molar-refractivity contribution in [3.8, 4) is 0 Å². The molecule has 214 valence electrons. The Balaban J connectivity index is 1.82. The molecule has 2 amide bonds. The van der Waals surface area contributed by atoms with Crippen molar-refractivity contribution in [2.75, 3.05) is 17.1 Å². The summed E-state index contributed by atoms with van der Waals surface area (Å²) in [7, 11) is -3.57. The van der Waals surface area contributed by atoms with E-state index in [1.807, 2.05) is 39.0 Å². The first-order valence-corrected chi connectivity index (χ1v) is 16.1. The molecular weight excluding hydrogens is 557 g/mol. The van der Waals surface area contributed by atoms with E-state index >= 15 is 0 Å². The maximum absolute atomic E-state index is 13.7. The minimum absolute atomic E-state index is 0.0617. The standard InChI is InChI=1S/C29H39Cl2N3O4S/c1-5-26(29(36)32-22-10-6-7-11-22)33(19-23-24(30)12-8-13-25(23)31)28(35)14-9-17-34(39(4,37)38)27-18-20(2)15-16-21(27)3/h8,12-13,15-16,18,22,26H,5-7,9-11,14,17,19H2,1-4H3,(H,32,36)/t26-/m1/s1. The van der Waals surface area contributed by atoms with E-state index in [0.717, 1.165) is 36.8 Å². The highest BCUT2D eigenvalue weighted by Gasteiger charge is 2.31. The van der Waals surface area contributed by atoms with Crippen LogP contribution in [0.1, 0.15) is 68.6 Å². The van der Waals surface area contributed by atoms with Crippen LogP contribution in [-0.2, 0) is 26.2 Å². The summed E-state index contributed by atoms with van der Waals surface area (Å²) in [6.45, 7) is 5.87. The van der Waals surface area contributed by atoms with Crippen LogP contribution >= 0.6 is 23.2 Å². The number of benzene rings is 2. The van der Waals surface area contributed by atoms with Gasteiger partial charge in [0, 0.05) is 41.2 Å². The third-order valence-corrected chi connectivity index (χ3v) is 9.15. The van der Waals surface area contributed by atoms with E-state index in [1.54, 1.807) is 23.1 Å². The zero-order chi connectivity index (χ0) is 28.7. The zero-order valence-electron chi connectivity index (χ0n) is 23.2. The molecule has 1 N–H and O–H groups in total. The number of aryl methyl sites for hydroxylation is 2. The largest absolute Gasteiger partial charge is 0.352 e. The molecule has 1 saturated carbocycles. The summed E-state index contributed by atoms with van der Waals surface area (Å²) in [6.07, 6.45) is 5.97. The quantitative estimate of drug-likeness (QED) is 0.325. The van der Waals surface area contributed by atoms with Crippen molar-refractivity contribution < 1.29 is 18.0 Å². The van der Waals surface area contributed by atoms with Gasteiger partial charge >= 0.3 is 0 Å². The fraction of sp³-hybridized carbons (Fsp3) is 0.517. The highest BCUT2D eigenvalue weighted by atomic mass is 35.5. The molecule has 7 nitrogen and oxygen atoms in total. The Labute approximate surface area is 242 Å². The fourth-order valence-electron chi connectivity index (χ4n) is 5.11. The average molecular weight is 597 g/mol. The Bertz CT molecular complexity index is 1260. The van der Waals surface area contributed by atoms with Crippen molar-refractivity contribution in [2.24, 2.45) is 0 Å². The van der Waals surface area contributed by atoms with Gasteiger partial charge in [0.05, 0.1) is 11.9 Å². The molecule has 1 fully saturated rings. The normalized spacial score (nSPS) is 14.7. The van der Waals surface area contributed by atoms with Gasteiger partial charge in [-0.2, -0.15) is 0 Å². The van der Waals surface area contributed by atoms with E-state index in [4.69, 9.17) is 23.2 Å². The predicted molar refractivity (Wildman–Crippen MR) is 159 cm³/mol. The second kappa shape index (κ2) is 13.9. The van der Waals surface area contributed by atoms with Crippen molar-refractivity contribution in [2.45, 2.75) is 84.3 Å². The van der Waals surface area contributed by atoms with Crippen molar-refractivity contribution in [1.29, 1.82) is 0 Å². The van der Waals surface area contributed by atoms with Crippen LogP contribution in [0, 0.1) is 13.8 Å². The summed E-state index contributed by atoms with van der Waals surface area (Å²) in [5.74, 6) is -0.442. The van der Waals surface area contributed by atoms with Crippen molar-refractivity contribution >= 4 is 50.7 Å². The number of nitrogens with one attached hydrogen (secondary N) is 1. The Morgan fingerprint density at radius 1 is 1.08 bits per heavy atom. The SMILES string of the molecule is CC[C@H](C(=O)NC1CCCC1)N(Cc1c(Cl)cccc1Cl)C(=O)CCCN(c1cc(C)ccc1C)S(C)(=O)=O. The highest BCUT2D eigenvalue weighted by molar-refractivity contribution is 7.92. The Morgan fingerprint density at radius 3 is 2.31 bits per heavy atom. The average Bonchev–Trinajstić information content (AvgIpc) is 3.37. The summed E-state index contributed by atoms with van der Waals surface area (Å²) < 4.78 is 26.7. The lowest BCUT2D eigenvalue weighted by molar-refractivity contribution is -0.141. The van der Waals surface area contributed by atoms with Crippen LogP contribution in [0.5, 0.6) is 0 Å². The molecule has 1 atom stereocenters. The van der Waals surface area contributed by atoms with Gasteiger partial charge < -0.3 is 10.2 Å². The first kappa shape index (κ1) is 31.2. The molecule has 0 heterocycles. The van der Waals surface area contributed by atoms with Crippen LogP contribution < -0.4 is 9.62 Å². The Morgan fingerprint density at radius 2 is 1.72 bits per heavy atom. The second-order valence-electron chi connectivity index (χ2n) is 10.4. The number of halogens is 2. The number of amides is 2. The maximum atomic E-state index is 13.7. The van der Waals surface area contributed by atoms with Gasteiger partial charge in [-0.25, -0.2) is 8.42 Å². The Hall–Kier alpha value is -2.29. The van der Waals surface area contributed by atoms with Gasteiger partial charge in [0.25, 0.3) is 0 Å². The number of anilines is 1. The van der Waals surface area contributed by atoms with Gasteiger partial charge in [-0.3, -0.25) is 13.9 Å². The Kier molecular flexibility index (Phi) is 11.1. The van der Waals surface area contributed by atoms with Crippen molar-refractivity contribution in [1.82, 2.24) is 10.2 Å². The number of nitrogens with zero attached hydrogens (tertiary/aromatic N) is 2. The van der Waals surface area contributed by atoms with E-state index < -0.39 is 16.1 Å². The molecule has 0 aliphatic heterocycles. The summed E-state index contributed by atoms with van der Waals surface area (Å²) in [6, 6.07) is 10.2. The predicted octanol–water partition coefficient (Wildman–Crippen LogP) is 6.02. The topological polar surface area (TPSA) is 86.8 Å². The molecule has 0 radical (unpaired) electrons. The molecule has 0 bridgehead atoms. The van der Waals surface area contributed by atoms with Gasteiger partial charge in [0.1, 0.15) is 6.04 Å². The molecule has 10 heteroatoms. The maximum Gasteiger partial charge on any atom is 0.243 e. The third kappa shape index (κ3) is 8.35. The fourth-order valence-corrected chi connectivity index (χ4v) is 6.64. The van der Waals surface area contributed by atoms with Gasteiger partial charge in [-0.05, 0) is 68.9 Å². The lowest BCUT2D eigenvalue weighted by Gasteiger charge is -2.32. The highest BCUT2D eigenvalue weighted by Crippen LogP contribution is 2.28. The van der Waals surface area contributed by atoms with E-state index in [9.17, 15) is 18.0 Å². The van der Waals surface area contributed by atoms with Crippen LogP contribution in [0.15, 0.2) is 36.4 Å². The van der Waals surface area contributed by atoms with Crippen LogP contribution in [0.4, 0.5) is 5.69 Å². The van der Waals surface area contributed by atoms with E-state index in [1.165, 1.54) is 10.6 Å². The zero-order valence-corrected chi connectivity index (χ0v) is 25.5. The van der Waals surface area contributed by atoms with Gasteiger partial charge in [0.15, 0.2) is 0 Å². The van der Waals surface area contributed by atoms with Crippen LogP contribution in [0.2, 0.25) is 10.0 Å². The number of rotatable bonds is 12. The summed E-state index contributed by atoms with van der Waals surface area (Å²) >= 11 is 12.9. The molecule has 39 heavy (non-hydrogen) atoms. The van der Waals surface area contributed by atoms with E-state index in [2.05, 4.69) is 5.32 Å². The first-order valence-electron chi connectivity index (χ1n) is 13.5. The number of hydrogen-bond donors (Lipinski definition) is 1. The van der Waals surface area contributed by atoms with Gasteiger partial charge in [-0.15, -0.1) is 0 Å². The van der Waals surface area contributed by atoms with Crippen LogP contribution in [-0.4, -0.2) is 50.0 Å². The minimum atomic E-state index is -3.57. The molecule has 0 saturated heterocycles. The monoisotopic (exact) mass is 595 g/mol. The summed E-state index contributed by atoms with van der Waals surface area (Å²) in [5.41, 5.74) is 2.96. The number of hydrogen-bond acceptors (Lipinski definition) is 4. The number of carbonyl (C=O) groups excluding carboxylic acids is 2. The first-order chi connectivity index (χ1) is 18.4. The van der Waals surface area contributed by atoms with Gasteiger partial charge in [0.2, 0.25) is 21.8 Å². The van der Waals surface area contributed by atoms with Crippen LogP contribution in [0.25, 0.3) is 0 Å². The molecule has 1 aliphatic rings. The smallest absolute Gasteiger partial charge is 0.243 e. The van der Waals surface area contributed by atoms with Crippen molar-refractivity contribution in [3.05, 3.63) is 63.1 Å². The molecular formula is C29H39Cl2N3O4S. The number of carbonyl (C=O) groups is 2.